The van der Waals surface area contributed by atoms with Crippen LogP contribution in [0.15, 0.2) is 0 Å². The van der Waals surface area contributed by atoms with Gasteiger partial charge >= 0.3 is 0 Å². The molecule has 2 rings (SSSR count). The topological polar surface area (TPSA) is 15.3 Å². The molecule has 1 heterocycles. The molecule has 0 bridgehead atoms. The molecule has 1 N–H and O–H groups in total. The Hall–Kier alpha value is -0.0800. The highest BCUT2D eigenvalue weighted by Gasteiger charge is 2.39. The zero-order valence-corrected chi connectivity index (χ0v) is 14.6. The second-order valence-corrected chi connectivity index (χ2v) is 9.04. The van der Waals surface area contributed by atoms with E-state index in [1.54, 1.807) is 0 Å². The van der Waals surface area contributed by atoms with Gasteiger partial charge in [0.2, 0.25) is 0 Å². The first-order chi connectivity index (χ1) is 9.23. The van der Waals surface area contributed by atoms with E-state index >= 15 is 0 Å². The van der Waals surface area contributed by atoms with Crippen LogP contribution in [-0.4, -0.2) is 37.1 Å². The molecular formula is C18H36N2. The van der Waals surface area contributed by atoms with Crippen LogP contribution in [0.4, 0.5) is 0 Å². The van der Waals surface area contributed by atoms with E-state index in [4.69, 9.17) is 0 Å². The average Bonchev–Trinajstić information content (AvgIpc) is 2.37. The molecule has 1 aliphatic heterocycles. The molecule has 0 amide bonds. The second kappa shape index (κ2) is 5.96. The highest BCUT2D eigenvalue weighted by atomic mass is 15.2. The molecule has 0 aromatic rings. The van der Waals surface area contributed by atoms with Crippen LogP contribution < -0.4 is 5.32 Å². The number of nitrogens with zero attached hydrogens (tertiary/aromatic N) is 1. The highest BCUT2D eigenvalue weighted by molar-refractivity contribution is 4.95. The molecular weight excluding hydrogens is 244 g/mol. The van der Waals surface area contributed by atoms with Gasteiger partial charge in [-0.05, 0) is 69.0 Å². The molecule has 0 aromatic carbocycles. The molecule has 3 atom stereocenters. The summed E-state index contributed by atoms with van der Waals surface area (Å²) in [6.07, 6.45) is 6.85. The van der Waals surface area contributed by atoms with Gasteiger partial charge in [0.05, 0.1) is 0 Å². The summed E-state index contributed by atoms with van der Waals surface area (Å²) < 4.78 is 0. The normalized spacial score (nSPS) is 36.0. The summed E-state index contributed by atoms with van der Waals surface area (Å²) in [5.41, 5.74) is 1.02. The van der Waals surface area contributed by atoms with Crippen molar-refractivity contribution in [1.82, 2.24) is 10.2 Å². The molecule has 1 saturated heterocycles. The zero-order valence-electron chi connectivity index (χ0n) is 14.6. The van der Waals surface area contributed by atoms with Gasteiger partial charge in [0, 0.05) is 12.1 Å². The van der Waals surface area contributed by atoms with Crippen molar-refractivity contribution in [2.75, 3.05) is 20.1 Å². The minimum absolute atomic E-state index is 0.464. The van der Waals surface area contributed by atoms with Crippen LogP contribution in [0.5, 0.6) is 0 Å². The summed E-state index contributed by atoms with van der Waals surface area (Å²) in [6.45, 7) is 14.7. The number of piperidine rings is 1. The van der Waals surface area contributed by atoms with Crippen molar-refractivity contribution in [3.8, 4) is 0 Å². The second-order valence-electron chi connectivity index (χ2n) is 9.04. The standard InChI is InChI=1S/C18H36N2/c1-17(2,3)14-7-8-15(19-6)16(13-14)20-11-9-18(4,5)10-12-20/h14-16,19H,7-13H2,1-6H3. The van der Waals surface area contributed by atoms with Crippen molar-refractivity contribution in [2.24, 2.45) is 16.7 Å². The number of rotatable bonds is 2. The van der Waals surface area contributed by atoms with E-state index in [1.807, 2.05) is 0 Å². The molecule has 20 heavy (non-hydrogen) atoms. The first-order valence-corrected chi connectivity index (χ1v) is 8.64. The monoisotopic (exact) mass is 280 g/mol. The summed E-state index contributed by atoms with van der Waals surface area (Å²) in [6, 6.07) is 1.46. The number of nitrogens with one attached hydrogen (secondary N) is 1. The van der Waals surface area contributed by atoms with Gasteiger partial charge < -0.3 is 5.32 Å². The largest absolute Gasteiger partial charge is 0.315 e. The Morgan fingerprint density at radius 1 is 1.05 bits per heavy atom. The van der Waals surface area contributed by atoms with E-state index in [9.17, 15) is 0 Å². The van der Waals surface area contributed by atoms with Gasteiger partial charge in [-0.2, -0.15) is 0 Å². The van der Waals surface area contributed by atoms with Crippen molar-refractivity contribution < 1.29 is 0 Å². The molecule has 0 radical (unpaired) electrons. The minimum atomic E-state index is 0.464. The number of hydrogen-bond acceptors (Lipinski definition) is 2. The first kappa shape index (κ1) is 16.3. The molecule has 118 valence electrons. The Morgan fingerprint density at radius 2 is 1.65 bits per heavy atom. The number of likely N-dealkylation sites (tertiary alicyclic amines) is 1. The lowest BCUT2D eigenvalue weighted by molar-refractivity contribution is 0.0255. The Morgan fingerprint density at radius 3 is 2.15 bits per heavy atom. The van der Waals surface area contributed by atoms with Gasteiger partial charge in [0.25, 0.3) is 0 Å². The Kier molecular flexibility index (Phi) is 4.86. The van der Waals surface area contributed by atoms with Crippen molar-refractivity contribution in [3.63, 3.8) is 0 Å². The van der Waals surface area contributed by atoms with E-state index < -0.39 is 0 Å². The summed E-state index contributed by atoms with van der Waals surface area (Å²) >= 11 is 0. The maximum absolute atomic E-state index is 3.60. The van der Waals surface area contributed by atoms with Crippen molar-refractivity contribution >= 4 is 0 Å². The lowest BCUT2D eigenvalue weighted by Crippen LogP contribution is -2.56. The van der Waals surface area contributed by atoms with Crippen LogP contribution in [0.25, 0.3) is 0 Å². The van der Waals surface area contributed by atoms with Gasteiger partial charge in [-0.1, -0.05) is 34.6 Å². The van der Waals surface area contributed by atoms with E-state index in [0.717, 1.165) is 12.0 Å². The van der Waals surface area contributed by atoms with Crippen molar-refractivity contribution in [3.05, 3.63) is 0 Å². The van der Waals surface area contributed by atoms with Crippen LogP contribution >= 0.6 is 0 Å². The van der Waals surface area contributed by atoms with Gasteiger partial charge in [-0.15, -0.1) is 0 Å². The fourth-order valence-electron chi connectivity index (χ4n) is 4.13. The van der Waals surface area contributed by atoms with Crippen LogP contribution in [0.3, 0.4) is 0 Å². The zero-order chi connectivity index (χ0) is 15.0. The molecule has 2 aliphatic rings. The van der Waals surface area contributed by atoms with Crippen LogP contribution in [0.2, 0.25) is 0 Å². The Labute approximate surface area is 126 Å². The third-order valence-electron chi connectivity index (χ3n) is 6.03. The van der Waals surface area contributed by atoms with Gasteiger partial charge in [-0.3, -0.25) is 4.90 Å². The van der Waals surface area contributed by atoms with Crippen LogP contribution in [-0.2, 0) is 0 Å². The predicted octanol–water partition coefficient (Wildman–Crippen LogP) is 3.91. The van der Waals surface area contributed by atoms with Crippen molar-refractivity contribution in [1.29, 1.82) is 0 Å². The molecule has 1 saturated carbocycles. The summed E-state index contributed by atoms with van der Waals surface area (Å²) in [5, 5.41) is 3.60. The summed E-state index contributed by atoms with van der Waals surface area (Å²) in [7, 11) is 2.16. The molecule has 3 unspecified atom stereocenters. The summed E-state index contributed by atoms with van der Waals surface area (Å²) in [5.74, 6) is 0.882. The Bertz CT molecular complexity index is 306. The third kappa shape index (κ3) is 3.76. The predicted molar refractivity (Wildman–Crippen MR) is 88.0 cm³/mol. The number of likely N-dealkylation sites (N-methyl/N-ethyl adjacent to an activating group) is 1. The Balaban J connectivity index is 2.02. The molecule has 2 nitrogen and oxygen atoms in total. The first-order valence-electron chi connectivity index (χ1n) is 8.64. The maximum atomic E-state index is 3.60. The quantitative estimate of drug-likeness (QED) is 0.825. The van der Waals surface area contributed by atoms with Crippen molar-refractivity contribution in [2.45, 2.75) is 78.8 Å². The SMILES string of the molecule is CNC1CCC(C(C)(C)C)CC1N1CCC(C)(C)CC1. The van der Waals surface area contributed by atoms with Gasteiger partial charge in [0.1, 0.15) is 0 Å². The highest BCUT2D eigenvalue weighted by Crippen LogP contribution is 2.41. The third-order valence-corrected chi connectivity index (χ3v) is 6.03. The lowest BCUT2D eigenvalue weighted by atomic mass is 9.69. The summed E-state index contributed by atoms with van der Waals surface area (Å²) in [4.78, 5) is 2.80. The molecule has 2 heteroatoms. The minimum Gasteiger partial charge on any atom is -0.315 e. The lowest BCUT2D eigenvalue weighted by Gasteiger charge is -2.49. The number of hydrogen-bond donors (Lipinski definition) is 1. The van der Waals surface area contributed by atoms with E-state index in [-0.39, 0.29) is 0 Å². The van der Waals surface area contributed by atoms with E-state index in [0.29, 0.717) is 16.9 Å². The average molecular weight is 280 g/mol. The molecule has 0 aromatic heterocycles. The van der Waals surface area contributed by atoms with Gasteiger partial charge in [0.15, 0.2) is 0 Å². The van der Waals surface area contributed by atoms with Gasteiger partial charge in [-0.25, -0.2) is 0 Å². The molecule has 2 fully saturated rings. The van der Waals surface area contributed by atoms with E-state index in [2.05, 4.69) is 51.9 Å². The smallest absolute Gasteiger partial charge is 0.0252 e. The maximum Gasteiger partial charge on any atom is 0.0252 e. The van der Waals surface area contributed by atoms with Crippen LogP contribution in [0.1, 0.15) is 66.7 Å². The fraction of sp³-hybridized carbons (Fsp3) is 1.00. The molecule has 1 aliphatic carbocycles. The van der Waals surface area contributed by atoms with E-state index in [1.165, 1.54) is 45.2 Å². The van der Waals surface area contributed by atoms with Crippen LogP contribution in [0, 0.1) is 16.7 Å². The fourth-order valence-corrected chi connectivity index (χ4v) is 4.13. The molecule has 0 spiro atoms.